The van der Waals surface area contributed by atoms with Crippen molar-refractivity contribution in [2.75, 3.05) is 6.54 Å². The first kappa shape index (κ1) is 14.7. The first-order valence-electron chi connectivity index (χ1n) is 5.78. The van der Waals surface area contributed by atoms with Gasteiger partial charge in [-0.3, -0.25) is 0 Å². The number of aryl methyl sites for hydroxylation is 1. The maximum atomic E-state index is 11.9. The van der Waals surface area contributed by atoms with E-state index >= 15 is 0 Å². The molecule has 0 unspecified atom stereocenters. The Kier molecular flexibility index (Phi) is 4.86. The van der Waals surface area contributed by atoms with Crippen LogP contribution >= 0.6 is 0 Å². The highest BCUT2D eigenvalue weighted by Crippen LogP contribution is 2.17. The molecular formula is C12H17NO4S. The molecule has 0 bridgehead atoms. The van der Waals surface area contributed by atoms with E-state index in [1.165, 1.54) is 12.1 Å². The first-order chi connectivity index (χ1) is 8.42. The first-order valence-corrected chi connectivity index (χ1v) is 7.26. The van der Waals surface area contributed by atoms with Crippen LogP contribution in [0, 0.1) is 0 Å². The van der Waals surface area contributed by atoms with Gasteiger partial charge in [0.05, 0.1) is 10.5 Å². The number of aromatic carboxylic acids is 1. The number of hydrogen-bond donors (Lipinski definition) is 2. The Bertz CT molecular complexity index is 537. The fraction of sp³-hybridized carbons (Fsp3) is 0.417. The van der Waals surface area contributed by atoms with Crippen molar-refractivity contribution >= 4 is 16.0 Å². The van der Waals surface area contributed by atoms with Crippen molar-refractivity contribution in [2.45, 2.75) is 31.6 Å². The summed E-state index contributed by atoms with van der Waals surface area (Å²) in [6.45, 7) is 4.01. The zero-order chi connectivity index (χ0) is 13.8. The predicted molar refractivity (Wildman–Crippen MR) is 68.3 cm³/mol. The minimum absolute atomic E-state index is 0.00875. The molecule has 0 radical (unpaired) electrons. The lowest BCUT2D eigenvalue weighted by molar-refractivity contribution is 0.0695. The van der Waals surface area contributed by atoms with Crippen molar-refractivity contribution in [1.82, 2.24) is 4.72 Å². The fourth-order valence-electron chi connectivity index (χ4n) is 1.55. The summed E-state index contributed by atoms with van der Waals surface area (Å²) in [6.07, 6.45) is 1.22. The molecule has 1 rings (SSSR count). The van der Waals surface area contributed by atoms with Crippen LogP contribution in [0.2, 0.25) is 0 Å². The van der Waals surface area contributed by atoms with E-state index in [2.05, 4.69) is 4.72 Å². The minimum atomic E-state index is -3.62. The number of nitrogens with one attached hydrogen (secondary N) is 1. The topological polar surface area (TPSA) is 83.5 Å². The molecule has 0 amide bonds. The van der Waals surface area contributed by atoms with Crippen molar-refractivity contribution in [3.63, 3.8) is 0 Å². The summed E-state index contributed by atoms with van der Waals surface area (Å²) in [7, 11) is -3.62. The molecule has 1 aromatic rings. The molecule has 0 heterocycles. The van der Waals surface area contributed by atoms with E-state index in [9.17, 15) is 13.2 Å². The molecule has 2 N–H and O–H groups in total. The minimum Gasteiger partial charge on any atom is -0.478 e. The van der Waals surface area contributed by atoms with Crippen LogP contribution in [0.5, 0.6) is 0 Å². The van der Waals surface area contributed by atoms with E-state index < -0.39 is 16.0 Å². The monoisotopic (exact) mass is 271 g/mol. The molecule has 0 saturated heterocycles. The van der Waals surface area contributed by atoms with Gasteiger partial charge in [0.1, 0.15) is 0 Å². The second-order valence-electron chi connectivity index (χ2n) is 3.88. The zero-order valence-corrected chi connectivity index (χ0v) is 11.3. The van der Waals surface area contributed by atoms with Gasteiger partial charge in [0.25, 0.3) is 0 Å². The average Bonchev–Trinajstić information content (AvgIpc) is 2.35. The summed E-state index contributed by atoms with van der Waals surface area (Å²) in [4.78, 5) is 11.0. The van der Waals surface area contributed by atoms with E-state index in [1.54, 1.807) is 6.07 Å². The largest absolute Gasteiger partial charge is 0.478 e. The molecular weight excluding hydrogens is 254 g/mol. The van der Waals surface area contributed by atoms with Gasteiger partial charge < -0.3 is 5.11 Å². The Labute approximate surface area is 107 Å². The Balaban J connectivity index is 3.20. The number of carboxylic acids is 1. The highest BCUT2D eigenvalue weighted by molar-refractivity contribution is 7.89. The molecule has 0 saturated carbocycles. The van der Waals surface area contributed by atoms with Crippen molar-refractivity contribution < 1.29 is 18.3 Å². The molecule has 0 aliphatic rings. The molecule has 18 heavy (non-hydrogen) atoms. The second-order valence-corrected chi connectivity index (χ2v) is 5.64. The molecule has 100 valence electrons. The Morgan fingerprint density at radius 2 is 2.00 bits per heavy atom. The maximum absolute atomic E-state index is 11.9. The highest BCUT2D eigenvalue weighted by atomic mass is 32.2. The lowest BCUT2D eigenvalue weighted by Crippen LogP contribution is -2.24. The summed E-state index contributed by atoms with van der Waals surface area (Å²) in [6, 6.07) is 4.19. The second kappa shape index (κ2) is 5.97. The summed E-state index contributed by atoms with van der Waals surface area (Å²) < 4.78 is 26.1. The molecule has 0 aromatic heterocycles. The molecule has 0 atom stereocenters. The van der Waals surface area contributed by atoms with Crippen molar-refractivity contribution in [3.05, 3.63) is 29.3 Å². The SMILES string of the molecule is CCCNS(=O)(=O)c1ccc(CC)c(C(=O)O)c1. The van der Waals surface area contributed by atoms with E-state index in [1.807, 2.05) is 13.8 Å². The number of carbonyl (C=O) groups is 1. The van der Waals surface area contributed by atoms with Gasteiger partial charge in [-0.1, -0.05) is 19.9 Å². The predicted octanol–water partition coefficient (Wildman–Crippen LogP) is 1.64. The molecule has 1 aromatic carbocycles. The van der Waals surface area contributed by atoms with Crippen LogP contribution in [-0.4, -0.2) is 26.0 Å². The van der Waals surface area contributed by atoms with E-state index in [0.29, 0.717) is 24.9 Å². The van der Waals surface area contributed by atoms with Crippen molar-refractivity contribution in [1.29, 1.82) is 0 Å². The van der Waals surface area contributed by atoms with Gasteiger partial charge in [-0.05, 0) is 30.5 Å². The van der Waals surface area contributed by atoms with E-state index in [4.69, 9.17) is 5.11 Å². The Morgan fingerprint density at radius 1 is 1.33 bits per heavy atom. The summed E-state index contributed by atoms with van der Waals surface area (Å²) >= 11 is 0. The van der Waals surface area contributed by atoms with Crippen LogP contribution in [0.25, 0.3) is 0 Å². The third-order valence-corrected chi connectivity index (χ3v) is 4.00. The van der Waals surface area contributed by atoms with Gasteiger partial charge in [0, 0.05) is 6.54 Å². The van der Waals surface area contributed by atoms with Crippen molar-refractivity contribution in [2.24, 2.45) is 0 Å². The maximum Gasteiger partial charge on any atom is 0.336 e. The quantitative estimate of drug-likeness (QED) is 0.823. The smallest absolute Gasteiger partial charge is 0.336 e. The van der Waals surface area contributed by atoms with Gasteiger partial charge in [-0.15, -0.1) is 0 Å². The number of sulfonamides is 1. The average molecular weight is 271 g/mol. The van der Waals surface area contributed by atoms with Gasteiger partial charge >= 0.3 is 5.97 Å². The van der Waals surface area contributed by atoms with Gasteiger partial charge in [0.15, 0.2) is 0 Å². The van der Waals surface area contributed by atoms with E-state index in [0.717, 1.165) is 0 Å². The van der Waals surface area contributed by atoms with Crippen LogP contribution in [0.3, 0.4) is 0 Å². The van der Waals surface area contributed by atoms with Crippen LogP contribution < -0.4 is 4.72 Å². The molecule has 0 aliphatic carbocycles. The Hall–Kier alpha value is -1.40. The summed E-state index contributed by atoms with van der Waals surface area (Å²) in [5, 5.41) is 9.05. The summed E-state index contributed by atoms with van der Waals surface area (Å²) in [5.41, 5.74) is 0.661. The van der Waals surface area contributed by atoms with Crippen LogP contribution in [0.4, 0.5) is 0 Å². The number of benzene rings is 1. The number of carboxylic acid groups (broad SMARTS) is 1. The lowest BCUT2D eigenvalue weighted by atomic mass is 10.1. The van der Waals surface area contributed by atoms with Gasteiger partial charge in [-0.25, -0.2) is 17.9 Å². The fourth-order valence-corrected chi connectivity index (χ4v) is 2.71. The van der Waals surface area contributed by atoms with Crippen LogP contribution in [0.1, 0.15) is 36.2 Å². The molecule has 0 spiro atoms. The van der Waals surface area contributed by atoms with E-state index in [-0.39, 0.29) is 10.5 Å². The zero-order valence-electron chi connectivity index (χ0n) is 10.4. The van der Waals surface area contributed by atoms with Crippen molar-refractivity contribution in [3.8, 4) is 0 Å². The highest BCUT2D eigenvalue weighted by Gasteiger charge is 2.17. The third kappa shape index (κ3) is 3.30. The molecule has 0 aliphatic heterocycles. The number of rotatable bonds is 6. The third-order valence-electron chi connectivity index (χ3n) is 2.55. The summed E-state index contributed by atoms with van der Waals surface area (Å²) in [5.74, 6) is -1.11. The lowest BCUT2D eigenvalue weighted by Gasteiger charge is -2.09. The van der Waals surface area contributed by atoms with Crippen LogP contribution in [-0.2, 0) is 16.4 Å². The molecule has 5 nitrogen and oxygen atoms in total. The molecule has 0 fully saturated rings. The molecule has 6 heteroatoms. The van der Waals surface area contributed by atoms with Crippen LogP contribution in [0.15, 0.2) is 23.1 Å². The van der Waals surface area contributed by atoms with Gasteiger partial charge in [0.2, 0.25) is 10.0 Å². The standard InChI is InChI=1S/C12H17NO4S/c1-3-7-13-18(16,17)10-6-5-9(4-2)11(8-10)12(14)15/h5-6,8,13H,3-4,7H2,1-2H3,(H,14,15). The Morgan fingerprint density at radius 3 is 2.50 bits per heavy atom. The van der Waals surface area contributed by atoms with Gasteiger partial charge in [-0.2, -0.15) is 0 Å². The normalized spacial score (nSPS) is 11.4. The number of hydrogen-bond acceptors (Lipinski definition) is 3.